The van der Waals surface area contributed by atoms with Crippen molar-refractivity contribution < 1.29 is 14.3 Å². The molecule has 5 nitrogen and oxygen atoms in total. The summed E-state index contributed by atoms with van der Waals surface area (Å²) in [7, 11) is 3.15. The Bertz CT molecular complexity index is 879. The summed E-state index contributed by atoms with van der Waals surface area (Å²) < 4.78 is 10.6. The Balaban J connectivity index is 2.57. The Labute approximate surface area is 153 Å². The van der Waals surface area contributed by atoms with Crippen molar-refractivity contribution in [2.24, 2.45) is 0 Å². The molecule has 0 saturated carbocycles. The fourth-order valence-corrected chi connectivity index (χ4v) is 2.76. The van der Waals surface area contributed by atoms with Crippen LogP contribution in [0.25, 0.3) is 5.57 Å². The number of allylic oxidation sites excluding steroid dienone is 1. The van der Waals surface area contributed by atoms with Gasteiger partial charge in [0.2, 0.25) is 5.91 Å². The molecular weight excluding hydrogens is 328 g/mol. The molecule has 2 aromatic carbocycles. The Morgan fingerprint density at radius 1 is 1.12 bits per heavy atom. The first-order valence-electron chi connectivity index (χ1n) is 8.27. The summed E-state index contributed by atoms with van der Waals surface area (Å²) in [4.78, 5) is 11.5. The number of hydrogen-bond donors (Lipinski definition) is 1. The average Bonchev–Trinajstić information content (AvgIpc) is 2.65. The normalized spacial score (nSPS) is 10.8. The van der Waals surface area contributed by atoms with E-state index in [1.165, 1.54) is 13.0 Å². The molecule has 2 aromatic rings. The van der Waals surface area contributed by atoms with E-state index >= 15 is 0 Å². The van der Waals surface area contributed by atoms with E-state index in [0.29, 0.717) is 11.5 Å². The summed E-state index contributed by atoms with van der Waals surface area (Å²) in [6.45, 7) is 3.51. The van der Waals surface area contributed by atoms with Gasteiger partial charge in [-0.25, -0.2) is 0 Å². The second kappa shape index (κ2) is 8.72. The minimum absolute atomic E-state index is 0.131. The Kier molecular flexibility index (Phi) is 6.40. The Hall–Kier alpha value is -3.26. The van der Waals surface area contributed by atoms with Crippen LogP contribution in [0, 0.1) is 11.3 Å². The predicted octanol–water partition coefficient (Wildman–Crippen LogP) is 4.18. The lowest BCUT2D eigenvalue weighted by molar-refractivity contribution is -0.114. The highest BCUT2D eigenvalue weighted by molar-refractivity contribution is 5.91. The van der Waals surface area contributed by atoms with E-state index in [9.17, 15) is 10.1 Å². The van der Waals surface area contributed by atoms with Crippen molar-refractivity contribution in [2.45, 2.75) is 20.3 Å². The van der Waals surface area contributed by atoms with Crippen molar-refractivity contribution in [3.05, 3.63) is 59.2 Å². The van der Waals surface area contributed by atoms with E-state index in [4.69, 9.17) is 9.47 Å². The molecule has 0 aliphatic rings. The summed E-state index contributed by atoms with van der Waals surface area (Å²) in [5.41, 5.74) is 4.18. The molecule has 0 spiro atoms. The third-order valence-electron chi connectivity index (χ3n) is 4.02. The molecule has 134 valence electrons. The van der Waals surface area contributed by atoms with E-state index in [-0.39, 0.29) is 5.91 Å². The van der Waals surface area contributed by atoms with Gasteiger partial charge in [-0.1, -0.05) is 25.1 Å². The zero-order valence-electron chi connectivity index (χ0n) is 15.4. The second-order valence-corrected chi connectivity index (χ2v) is 5.66. The number of rotatable bonds is 6. The molecule has 1 N–H and O–H groups in total. The lowest BCUT2D eigenvalue weighted by Gasteiger charge is -2.15. The number of benzene rings is 2. The van der Waals surface area contributed by atoms with Gasteiger partial charge in [0.05, 0.1) is 20.3 Å². The molecule has 0 saturated heterocycles. The molecule has 26 heavy (non-hydrogen) atoms. The third kappa shape index (κ3) is 4.22. The van der Waals surface area contributed by atoms with Crippen molar-refractivity contribution in [3.63, 3.8) is 0 Å². The standard InChI is InChI=1S/C21H22N2O3/c1-5-15-6-7-16(12-19(15)23-14(2)24)18(10-11-22)17-8-9-20(25-3)21(13-17)26-4/h6-10,12-13H,5H2,1-4H3,(H,23,24)/b18-10+. The highest BCUT2D eigenvalue weighted by atomic mass is 16.5. The van der Waals surface area contributed by atoms with Crippen molar-refractivity contribution >= 4 is 17.2 Å². The van der Waals surface area contributed by atoms with Crippen LogP contribution < -0.4 is 14.8 Å². The van der Waals surface area contributed by atoms with Crippen LogP contribution in [0.1, 0.15) is 30.5 Å². The first-order valence-corrected chi connectivity index (χ1v) is 8.27. The quantitative estimate of drug-likeness (QED) is 0.793. The zero-order valence-corrected chi connectivity index (χ0v) is 15.4. The highest BCUT2D eigenvalue weighted by Crippen LogP contribution is 2.34. The number of nitriles is 1. The Morgan fingerprint density at radius 3 is 2.35 bits per heavy atom. The number of nitrogens with one attached hydrogen (secondary N) is 1. The largest absolute Gasteiger partial charge is 0.493 e. The molecule has 0 aromatic heterocycles. The third-order valence-corrected chi connectivity index (χ3v) is 4.02. The van der Waals surface area contributed by atoms with E-state index in [2.05, 4.69) is 11.4 Å². The lowest BCUT2D eigenvalue weighted by atomic mass is 9.95. The maximum Gasteiger partial charge on any atom is 0.221 e. The van der Waals surface area contributed by atoms with Gasteiger partial charge in [0.25, 0.3) is 0 Å². The molecule has 0 bridgehead atoms. The molecule has 1 amide bonds. The summed E-state index contributed by atoms with van der Waals surface area (Å²) in [6.07, 6.45) is 2.28. The van der Waals surface area contributed by atoms with Gasteiger partial charge in [-0.05, 0) is 46.9 Å². The number of aryl methyl sites for hydroxylation is 1. The van der Waals surface area contributed by atoms with Gasteiger partial charge in [-0.3, -0.25) is 4.79 Å². The number of amides is 1. The fourth-order valence-electron chi connectivity index (χ4n) is 2.76. The van der Waals surface area contributed by atoms with E-state index < -0.39 is 0 Å². The van der Waals surface area contributed by atoms with Gasteiger partial charge in [-0.2, -0.15) is 5.26 Å². The van der Waals surface area contributed by atoms with Gasteiger partial charge in [0, 0.05) is 18.7 Å². The fraction of sp³-hybridized carbons (Fsp3) is 0.238. The molecule has 0 aliphatic heterocycles. The maximum atomic E-state index is 11.5. The van der Waals surface area contributed by atoms with Gasteiger partial charge in [0.1, 0.15) is 0 Å². The Morgan fingerprint density at radius 2 is 1.77 bits per heavy atom. The SMILES string of the molecule is CCc1ccc(/C(=C\C#N)c2ccc(OC)c(OC)c2)cc1NC(C)=O. The minimum atomic E-state index is -0.131. The number of ether oxygens (including phenoxy) is 2. The van der Waals surface area contributed by atoms with Crippen molar-refractivity contribution in [3.8, 4) is 17.6 Å². The van der Waals surface area contributed by atoms with E-state index in [0.717, 1.165) is 34.4 Å². The van der Waals surface area contributed by atoms with Crippen molar-refractivity contribution in [2.75, 3.05) is 19.5 Å². The lowest BCUT2D eigenvalue weighted by Crippen LogP contribution is -2.08. The average molecular weight is 350 g/mol. The molecule has 5 heteroatoms. The van der Waals surface area contributed by atoms with Crippen LogP contribution in [0.5, 0.6) is 11.5 Å². The predicted molar refractivity (Wildman–Crippen MR) is 102 cm³/mol. The minimum Gasteiger partial charge on any atom is -0.493 e. The summed E-state index contributed by atoms with van der Waals surface area (Å²) in [5, 5.41) is 12.1. The summed E-state index contributed by atoms with van der Waals surface area (Å²) in [6, 6.07) is 13.4. The molecule has 0 radical (unpaired) electrons. The number of carbonyl (C=O) groups is 1. The smallest absolute Gasteiger partial charge is 0.221 e. The van der Waals surface area contributed by atoms with Gasteiger partial charge in [-0.15, -0.1) is 0 Å². The molecule has 0 aliphatic carbocycles. The number of carbonyl (C=O) groups excluding carboxylic acids is 1. The van der Waals surface area contributed by atoms with Crippen LogP contribution >= 0.6 is 0 Å². The van der Waals surface area contributed by atoms with Gasteiger partial charge in [0.15, 0.2) is 11.5 Å². The van der Waals surface area contributed by atoms with Gasteiger partial charge >= 0.3 is 0 Å². The molecule has 0 heterocycles. The van der Waals surface area contributed by atoms with Crippen LogP contribution in [0.15, 0.2) is 42.5 Å². The van der Waals surface area contributed by atoms with Gasteiger partial charge < -0.3 is 14.8 Å². The van der Waals surface area contributed by atoms with E-state index in [1.807, 2.05) is 37.3 Å². The molecule has 2 rings (SSSR count). The number of nitrogens with zero attached hydrogens (tertiary/aromatic N) is 1. The maximum absolute atomic E-state index is 11.5. The number of anilines is 1. The van der Waals surface area contributed by atoms with Crippen LogP contribution in [-0.2, 0) is 11.2 Å². The van der Waals surface area contributed by atoms with Crippen molar-refractivity contribution in [1.29, 1.82) is 5.26 Å². The van der Waals surface area contributed by atoms with E-state index in [1.54, 1.807) is 20.3 Å². The molecule has 0 fully saturated rings. The monoisotopic (exact) mass is 350 g/mol. The van der Waals surface area contributed by atoms with Crippen LogP contribution in [0.4, 0.5) is 5.69 Å². The highest BCUT2D eigenvalue weighted by Gasteiger charge is 2.12. The molecule has 0 atom stereocenters. The number of methoxy groups -OCH3 is 2. The molecular formula is C21H22N2O3. The number of hydrogen-bond acceptors (Lipinski definition) is 4. The van der Waals surface area contributed by atoms with Crippen LogP contribution in [0.2, 0.25) is 0 Å². The summed E-state index contributed by atoms with van der Waals surface area (Å²) in [5.74, 6) is 1.07. The topological polar surface area (TPSA) is 71.3 Å². The second-order valence-electron chi connectivity index (χ2n) is 5.66. The van der Waals surface area contributed by atoms with Crippen LogP contribution in [-0.4, -0.2) is 20.1 Å². The van der Waals surface area contributed by atoms with Crippen molar-refractivity contribution in [1.82, 2.24) is 0 Å². The zero-order chi connectivity index (χ0) is 19.1. The first kappa shape index (κ1) is 19.1. The van der Waals surface area contributed by atoms with Crippen LogP contribution in [0.3, 0.4) is 0 Å². The molecule has 0 unspecified atom stereocenters. The summed E-state index contributed by atoms with van der Waals surface area (Å²) >= 11 is 0. The first-order chi connectivity index (χ1) is 12.5.